The molecule has 0 spiro atoms. The summed E-state index contributed by atoms with van der Waals surface area (Å²) in [6.07, 6.45) is 0. The van der Waals surface area contributed by atoms with Crippen molar-refractivity contribution in [1.82, 2.24) is 15.3 Å². The molecule has 0 atom stereocenters. The van der Waals surface area contributed by atoms with Crippen LogP contribution in [0.1, 0.15) is 28.7 Å². The second-order valence-electron chi connectivity index (χ2n) is 6.78. The summed E-state index contributed by atoms with van der Waals surface area (Å²) in [5.41, 5.74) is 3.26. The fourth-order valence-corrected chi connectivity index (χ4v) is 2.78. The van der Waals surface area contributed by atoms with E-state index in [4.69, 9.17) is 14.2 Å². The Kier molecular flexibility index (Phi) is 7.37. The van der Waals surface area contributed by atoms with Crippen molar-refractivity contribution >= 4 is 22.9 Å². The van der Waals surface area contributed by atoms with Gasteiger partial charge in [-0.15, -0.1) is 0 Å². The van der Waals surface area contributed by atoms with Gasteiger partial charge in [0, 0.05) is 0 Å². The minimum absolute atomic E-state index is 0.286. The molecular formula is C23H25N3O5. The average Bonchev–Trinajstić information content (AvgIpc) is 2.77. The summed E-state index contributed by atoms with van der Waals surface area (Å²) in [6, 6.07) is 12.2. The van der Waals surface area contributed by atoms with Crippen molar-refractivity contribution in [2.24, 2.45) is 0 Å². The van der Waals surface area contributed by atoms with Gasteiger partial charge in [0.05, 0.1) is 41.1 Å². The monoisotopic (exact) mass is 423 g/mol. The van der Waals surface area contributed by atoms with Crippen LogP contribution in [0.3, 0.4) is 0 Å². The van der Waals surface area contributed by atoms with Gasteiger partial charge in [-0.3, -0.25) is 4.79 Å². The van der Waals surface area contributed by atoms with E-state index in [2.05, 4.69) is 15.3 Å². The largest absolute Gasteiger partial charge is 0.494 e. The number of aryl methyl sites for hydroxylation is 2. The Bertz CT molecular complexity index is 1070. The van der Waals surface area contributed by atoms with Gasteiger partial charge in [-0.1, -0.05) is 0 Å². The molecule has 0 saturated heterocycles. The number of hydrogen-bond donors (Lipinski definition) is 1. The zero-order valence-corrected chi connectivity index (χ0v) is 17.8. The van der Waals surface area contributed by atoms with E-state index in [1.807, 2.05) is 32.9 Å². The number of nitrogens with zero attached hydrogens (tertiary/aromatic N) is 2. The van der Waals surface area contributed by atoms with Crippen LogP contribution in [-0.4, -0.2) is 48.2 Å². The molecule has 1 N–H and O–H groups in total. The van der Waals surface area contributed by atoms with Crippen LogP contribution in [0.25, 0.3) is 11.0 Å². The fraction of sp³-hybridized carbons (Fsp3) is 0.304. The van der Waals surface area contributed by atoms with Crippen LogP contribution in [0, 0.1) is 13.8 Å². The van der Waals surface area contributed by atoms with E-state index in [1.165, 1.54) is 0 Å². The summed E-state index contributed by atoms with van der Waals surface area (Å²) in [6.45, 7) is 6.46. The van der Waals surface area contributed by atoms with E-state index >= 15 is 0 Å². The molecule has 0 bridgehead atoms. The maximum Gasteiger partial charge on any atom is 0.338 e. The smallest absolute Gasteiger partial charge is 0.338 e. The molecule has 0 aliphatic rings. The minimum atomic E-state index is -0.595. The number of aromatic nitrogens is 2. The third-order valence-corrected chi connectivity index (χ3v) is 4.47. The lowest BCUT2D eigenvalue weighted by Crippen LogP contribution is -2.32. The van der Waals surface area contributed by atoms with Crippen LogP contribution >= 0.6 is 0 Å². The molecule has 1 heterocycles. The van der Waals surface area contributed by atoms with Crippen LogP contribution < -0.4 is 14.8 Å². The van der Waals surface area contributed by atoms with Crippen molar-refractivity contribution in [3.05, 3.63) is 59.4 Å². The van der Waals surface area contributed by atoms with Crippen LogP contribution in [0.5, 0.6) is 11.5 Å². The standard InChI is InChI=1S/C23H25N3O5/c1-4-29-18-6-8-19(9-7-18)30-12-11-24-22(27)14-31-23(28)17-5-10-20-21(13-17)26-16(3)15(2)25-20/h5-10,13H,4,11-12,14H2,1-3H3,(H,24,27). The fourth-order valence-electron chi connectivity index (χ4n) is 2.78. The van der Waals surface area contributed by atoms with Gasteiger partial charge in [0.1, 0.15) is 18.1 Å². The highest BCUT2D eigenvalue weighted by Gasteiger charge is 2.12. The number of esters is 1. The zero-order chi connectivity index (χ0) is 22.2. The topological polar surface area (TPSA) is 99.6 Å². The molecule has 8 heteroatoms. The van der Waals surface area contributed by atoms with Crippen molar-refractivity contribution in [2.45, 2.75) is 20.8 Å². The lowest BCUT2D eigenvalue weighted by Gasteiger charge is -2.09. The van der Waals surface area contributed by atoms with Gasteiger partial charge >= 0.3 is 5.97 Å². The normalized spacial score (nSPS) is 10.5. The molecule has 0 fully saturated rings. The van der Waals surface area contributed by atoms with Gasteiger partial charge in [-0.25, -0.2) is 14.8 Å². The van der Waals surface area contributed by atoms with Crippen molar-refractivity contribution in [3.63, 3.8) is 0 Å². The molecule has 31 heavy (non-hydrogen) atoms. The van der Waals surface area contributed by atoms with Gasteiger partial charge in [0.15, 0.2) is 6.61 Å². The molecule has 0 aliphatic carbocycles. The maximum atomic E-state index is 12.2. The Morgan fingerprint density at radius 1 is 0.903 bits per heavy atom. The Hall–Kier alpha value is -3.68. The summed E-state index contributed by atoms with van der Waals surface area (Å²) < 4.78 is 16.0. The Morgan fingerprint density at radius 3 is 2.23 bits per heavy atom. The first-order valence-corrected chi connectivity index (χ1v) is 10.0. The second-order valence-corrected chi connectivity index (χ2v) is 6.78. The average molecular weight is 423 g/mol. The van der Waals surface area contributed by atoms with Crippen LogP contribution in [0.4, 0.5) is 0 Å². The first-order chi connectivity index (χ1) is 15.0. The van der Waals surface area contributed by atoms with Crippen molar-refractivity contribution in [2.75, 3.05) is 26.4 Å². The Balaban J connectivity index is 1.41. The Labute approximate surface area is 180 Å². The molecule has 3 rings (SSSR count). The van der Waals surface area contributed by atoms with Crippen molar-refractivity contribution < 1.29 is 23.8 Å². The highest BCUT2D eigenvalue weighted by atomic mass is 16.5. The molecule has 0 unspecified atom stereocenters. The number of nitrogens with one attached hydrogen (secondary N) is 1. The minimum Gasteiger partial charge on any atom is -0.494 e. The first kappa shape index (κ1) is 22.0. The lowest BCUT2D eigenvalue weighted by molar-refractivity contribution is -0.124. The number of rotatable bonds is 9. The van der Waals surface area contributed by atoms with E-state index in [9.17, 15) is 9.59 Å². The van der Waals surface area contributed by atoms with Crippen LogP contribution in [0.2, 0.25) is 0 Å². The molecular weight excluding hydrogens is 398 g/mol. The second kappa shape index (κ2) is 10.4. The predicted molar refractivity (Wildman–Crippen MR) is 115 cm³/mol. The molecule has 0 saturated carbocycles. The van der Waals surface area contributed by atoms with Crippen LogP contribution in [0.15, 0.2) is 42.5 Å². The SMILES string of the molecule is CCOc1ccc(OCCNC(=O)COC(=O)c2ccc3nc(C)c(C)nc3c2)cc1. The maximum absolute atomic E-state index is 12.2. The van der Waals surface area contributed by atoms with Crippen LogP contribution in [-0.2, 0) is 9.53 Å². The van der Waals surface area contributed by atoms with Gasteiger partial charge in [-0.05, 0) is 63.2 Å². The number of ether oxygens (including phenoxy) is 3. The number of benzene rings is 2. The van der Waals surface area contributed by atoms with E-state index in [1.54, 1.807) is 30.3 Å². The Morgan fingerprint density at radius 2 is 1.55 bits per heavy atom. The van der Waals surface area contributed by atoms with E-state index in [0.717, 1.165) is 17.1 Å². The molecule has 2 aromatic carbocycles. The summed E-state index contributed by atoms with van der Waals surface area (Å²) in [7, 11) is 0. The zero-order valence-electron chi connectivity index (χ0n) is 17.8. The molecule has 3 aromatic rings. The highest BCUT2D eigenvalue weighted by Crippen LogP contribution is 2.17. The number of carbonyl (C=O) groups excluding carboxylic acids is 2. The molecule has 0 aliphatic heterocycles. The van der Waals surface area contributed by atoms with E-state index in [0.29, 0.717) is 29.0 Å². The molecule has 8 nitrogen and oxygen atoms in total. The molecule has 162 valence electrons. The summed E-state index contributed by atoms with van der Waals surface area (Å²) >= 11 is 0. The predicted octanol–water partition coefficient (Wildman–Crippen LogP) is 3.00. The lowest BCUT2D eigenvalue weighted by atomic mass is 10.2. The van der Waals surface area contributed by atoms with Crippen molar-refractivity contribution in [1.29, 1.82) is 0 Å². The quantitative estimate of drug-likeness (QED) is 0.417. The molecule has 1 amide bonds. The number of fused-ring (bicyclic) bond motifs is 1. The number of carbonyl (C=O) groups is 2. The van der Waals surface area contributed by atoms with E-state index in [-0.39, 0.29) is 19.8 Å². The molecule has 1 aromatic heterocycles. The third-order valence-electron chi connectivity index (χ3n) is 4.47. The van der Waals surface area contributed by atoms with Gasteiger partial charge in [-0.2, -0.15) is 0 Å². The highest BCUT2D eigenvalue weighted by molar-refractivity contribution is 5.94. The summed E-state index contributed by atoms with van der Waals surface area (Å²) in [4.78, 5) is 33.0. The first-order valence-electron chi connectivity index (χ1n) is 10.0. The number of amides is 1. The van der Waals surface area contributed by atoms with Crippen molar-refractivity contribution in [3.8, 4) is 11.5 Å². The number of hydrogen-bond acceptors (Lipinski definition) is 7. The van der Waals surface area contributed by atoms with E-state index < -0.39 is 11.9 Å². The van der Waals surface area contributed by atoms with Gasteiger partial charge in [0.2, 0.25) is 0 Å². The molecule has 0 radical (unpaired) electrons. The summed E-state index contributed by atoms with van der Waals surface area (Å²) in [5, 5.41) is 2.65. The third kappa shape index (κ3) is 6.15. The van der Waals surface area contributed by atoms with Gasteiger partial charge in [0.25, 0.3) is 5.91 Å². The summed E-state index contributed by atoms with van der Waals surface area (Å²) in [5.74, 6) is 0.445. The van der Waals surface area contributed by atoms with Gasteiger partial charge < -0.3 is 19.5 Å².